The van der Waals surface area contributed by atoms with Crippen molar-refractivity contribution >= 4 is 51.6 Å². The average molecular weight is 384 g/mol. The molecule has 2 amide bonds. The number of nitrogens with one attached hydrogen (secondary N) is 2. The van der Waals surface area contributed by atoms with Crippen LogP contribution < -0.4 is 10.6 Å². The Labute approximate surface area is 155 Å². The van der Waals surface area contributed by atoms with Crippen molar-refractivity contribution in [1.29, 1.82) is 0 Å². The first-order valence-electron chi connectivity index (χ1n) is 7.99. The van der Waals surface area contributed by atoms with Crippen molar-refractivity contribution < 1.29 is 14.7 Å². The minimum absolute atomic E-state index is 0.0786. The van der Waals surface area contributed by atoms with Crippen LogP contribution in [-0.4, -0.2) is 34.1 Å². The molecule has 1 aromatic carbocycles. The van der Waals surface area contributed by atoms with Gasteiger partial charge in [-0.1, -0.05) is 23.2 Å². The van der Waals surface area contributed by atoms with Crippen LogP contribution in [0.25, 0.3) is 10.9 Å². The Morgan fingerprint density at radius 3 is 2.80 bits per heavy atom. The zero-order valence-electron chi connectivity index (χ0n) is 14.1. The second-order valence-electron chi connectivity index (χ2n) is 6.29. The van der Waals surface area contributed by atoms with Crippen LogP contribution >= 0.6 is 23.2 Å². The number of hydrogen-bond acceptors (Lipinski definition) is 3. The first-order chi connectivity index (χ1) is 11.7. The van der Waals surface area contributed by atoms with E-state index in [0.717, 1.165) is 11.3 Å². The Hall–Kier alpha value is -1.76. The van der Waals surface area contributed by atoms with Crippen LogP contribution in [0.1, 0.15) is 31.0 Å². The van der Waals surface area contributed by atoms with Gasteiger partial charge in [0.1, 0.15) is 6.10 Å². The second-order valence-corrected chi connectivity index (χ2v) is 7.08. The lowest BCUT2D eigenvalue weighted by Gasteiger charge is -2.14. The molecular weight excluding hydrogens is 365 g/mol. The molecule has 6 nitrogen and oxygen atoms in total. The molecule has 2 atom stereocenters. The normalized spacial score (nSPS) is 18.5. The van der Waals surface area contributed by atoms with Crippen LogP contribution in [0.2, 0.25) is 10.0 Å². The first-order valence-corrected chi connectivity index (χ1v) is 8.75. The van der Waals surface area contributed by atoms with Gasteiger partial charge in [0.2, 0.25) is 5.91 Å². The summed E-state index contributed by atoms with van der Waals surface area (Å²) in [4.78, 5) is 24.3. The molecule has 0 aliphatic carbocycles. The minimum atomic E-state index is -1.17. The predicted octanol–water partition coefficient (Wildman–Crippen LogP) is 2.58. The summed E-state index contributed by atoms with van der Waals surface area (Å²) in [6, 6.07) is 1.56. The van der Waals surface area contributed by atoms with Gasteiger partial charge in [-0.15, -0.1) is 0 Å². The van der Waals surface area contributed by atoms with Gasteiger partial charge in [0, 0.05) is 31.1 Å². The number of halogens is 2. The molecule has 2 heterocycles. The quantitative estimate of drug-likeness (QED) is 0.744. The molecule has 0 saturated heterocycles. The number of benzene rings is 1. The highest BCUT2D eigenvalue weighted by molar-refractivity contribution is 6.46. The van der Waals surface area contributed by atoms with Crippen LogP contribution in [0, 0.1) is 0 Å². The summed E-state index contributed by atoms with van der Waals surface area (Å²) in [5, 5.41) is 16.5. The van der Waals surface area contributed by atoms with Crippen LogP contribution in [0.3, 0.4) is 0 Å². The van der Waals surface area contributed by atoms with Gasteiger partial charge in [-0.3, -0.25) is 9.59 Å². The Bertz CT molecular complexity index is 889. The number of aromatic nitrogens is 1. The molecule has 1 aliphatic heterocycles. The van der Waals surface area contributed by atoms with E-state index in [9.17, 15) is 14.7 Å². The molecule has 0 radical (unpaired) electrons. The number of amides is 2. The fourth-order valence-electron chi connectivity index (χ4n) is 3.35. The number of carbonyl (C=O) groups excluding carboxylic acids is 2. The zero-order chi connectivity index (χ0) is 18.5. The molecule has 0 unspecified atom stereocenters. The lowest BCUT2D eigenvalue weighted by atomic mass is 9.96. The Kier molecular flexibility index (Phi) is 4.70. The van der Waals surface area contributed by atoms with Crippen LogP contribution in [0.15, 0.2) is 6.07 Å². The van der Waals surface area contributed by atoms with E-state index in [1.54, 1.807) is 6.07 Å². The van der Waals surface area contributed by atoms with E-state index < -0.39 is 17.9 Å². The number of aliphatic hydroxyl groups is 1. The molecule has 1 aliphatic rings. The monoisotopic (exact) mass is 383 g/mol. The van der Waals surface area contributed by atoms with E-state index in [2.05, 4.69) is 10.6 Å². The van der Waals surface area contributed by atoms with Gasteiger partial charge < -0.3 is 20.3 Å². The van der Waals surface area contributed by atoms with Crippen molar-refractivity contribution in [3.8, 4) is 0 Å². The maximum absolute atomic E-state index is 12.3. The van der Waals surface area contributed by atoms with Gasteiger partial charge >= 0.3 is 0 Å². The van der Waals surface area contributed by atoms with Crippen LogP contribution in [0.4, 0.5) is 5.69 Å². The molecule has 134 valence electrons. The number of hydrogen-bond donors (Lipinski definition) is 3. The van der Waals surface area contributed by atoms with E-state index in [0.29, 0.717) is 39.6 Å². The number of rotatable bonds is 2. The maximum Gasteiger partial charge on any atom is 0.252 e. The predicted molar refractivity (Wildman–Crippen MR) is 98.4 cm³/mol. The van der Waals surface area contributed by atoms with Gasteiger partial charge in [0.25, 0.3) is 5.91 Å². The van der Waals surface area contributed by atoms with Crippen LogP contribution in [-0.2, 0) is 23.1 Å². The molecular formula is C17H19Cl2N3O3. The summed E-state index contributed by atoms with van der Waals surface area (Å²) in [7, 11) is 1.87. The summed E-state index contributed by atoms with van der Waals surface area (Å²) in [5.41, 5.74) is 2.90. The number of carbonyl (C=O) groups is 2. The highest BCUT2D eigenvalue weighted by Gasteiger charge is 2.30. The second kappa shape index (κ2) is 6.52. The number of nitrogens with zero attached hydrogens (tertiary/aromatic N) is 1. The van der Waals surface area contributed by atoms with E-state index in [-0.39, 0.29) is 5.91 Å². The number of anilines is 1. The molecule has 3 N–H and O–H groups in total. The topological polar surface area (TPSA) is 83.4 Å². The van der Waals surface area contributed by atoms with Crippen molar-refractivity contribution in [2.75, 3.05) is 11.9 Å². The van der Waals surface area contributed by atoms with Gasteiger partial charge in [-0.05, 0) is 25.5 Å². The largest absolute Gasteiger partial charge is 0.384 e. The zero-order valence-corrected chi connectivity index (χ0v) is 15.6. The smallest absolute Gasteiger partial charge is 0.252 e. The first kappa shape index (κ1) is 18.0. The number of fused-ring (bicyclic) bond motifs is 3. The van der Waals surface area contributed by atoms with E-state index in [4.69, 9.17) is 23.2 Å². The SMILES string of the molecule is C[C@H](O)C(=O)Nc1cc(Cl)c(Cl)c2c1c1c(n2C)CCNC(=O)[C@H]1C. The van der Waals surface area contributed by atoms with Crippen molar-refractivity contribution in [2.45, 2.75) is 32.3 Å². The highest BCUT2D eigenvalue weighted by atomic mass is 35.5. The molecule has 0 saturated carbocycles. The van der Waals surface area contributed by atoms with Crippen molar-refractivity contribution in [1.82, 2.24) is 9.88 Å². The number of aliphatic hydroxyl groups excluding tert-OH is 1. The lowest BCUT2D eigenvalue weighted by molar-refractivity contribution is -0.123. The summed E-state index contributed by atoms with van der Waals surface area (Å²) < 4.78 is 1.92. The molecule has 0 spiro atoms. The highest BCUT2D eigenvalue weighted by Crippen LogP contribution is 2.43. The summed E-state index contributed by atoms with van der Waals surface area (Å²) >= 11 is 12.7. The summed E-state index contributed by atoms with van der Waals surface area (Å²) in [5.74, 6) is -1.03. The fraction of sp³-hybridized carbons (Fsp3) is 0.412. The van der Waals surface area contributed by atoms with Crippen molar-refractivity contribution in [3.05, 3.63) is 27.4 Å². The molecule has 8 heteroatoms. The van der Waals surface area contributed by atoms with Gasteiger partial charge in [0.05, 0.1) is 27.2 Å². The summed E-state index contributed by atoms with van der Waals surface area (Å²) in [6.45, 7) is 3.73. The maximum atomic E-state index is 12.3. The molecule has 2 aromatic rings. The Morgan fingerprint density at radius 2 is 2.16 bits per heavy atom. The van der Waals surface area contributed by atoms with Crippen molar-refractivity contribution in [2.24, 2.45) is 7.05 Å². The molecule has 3 rings (SSSR count). The van der Waals surface area contributed by atoms with Gasteiger partial charge in [0.15, 0.2) is 0 Å². The average Bonchev–Trinajstić information content (AvgIpc) is 2.75. The van der Waals surface area contributed by atoms with Crippen molar-refractivity contribution in [3.63, 3.8) is 0 Å². The van der Waals surface area contributed by atoms with Gasteiger partial charge in [-0.25, -0.2) is 0 Å². The third-order valence-electron chi connectivity index (χ3n) is 4.64. The van der Waals surface area contributed by atoms with Crippen LogP contribution in [0.5, 0.6) is 0 Å². The van der Waals surface area contributed by atoms with E-state index in [1.807, 2.05) is 18.5 Å². The van der Waals surface area contributed by atoms with Gasteiger partial charge in [-0.2, -0.15) is 0 Å². The minimum Gasteiger partial charge on any atom is -0.384 e. The van der Waals surface area contributed by atoms with E-state index in [1.165, 1.54) is 6.92 Å². The lowest BCUT2D eigenvalue weighted by Crippen LogP contribution is -2.27. The third-order valence-corrected chi connectivity index (χ3v) is 5.42. The fourth-order valence-corrected chi connectivity index (χ4v) is 3.83. The Balaban J connectivity index is 2.36. The Morgan fingerprint density at radius 1 is 1.48 bits per heavy atom. The molecule has 1 aromatic heterocycles. The summed E-state index contributed by atoms with van der Waals surface area (Å²) in [6.07, 6.45) is -0.526. The third kappa shape index (κ3) is 2.88. The molecule has 0 fully saturated rings. The number of aryl methyl sites for hydroxylation is 1. The molecule has 25 heavy (non-hydrogen) atoms. The molecule has 0 bridgehead atoms. The standard InChI is InChI=1S/C17H19Cl2N3O3/c1-7-12-11(4-5-20-16(7)24)22(3)15-13(12)10(6-9(18)14(15)19)21-17(25)8(2)23/h6-8,23H,4-5H2,1-3H3,(H,20,24)(H,21,25)/t7-,8-/m0/s1. The van der Waals surface area contributed by atoms with E-state index >= 15 is 0 Å².